The van der Waals surface area contributed by atoms with Crippen molar-refractivity contribution in [2.24, 2.45) is 0 Å². The minimum atomic E-state index is -0.158. The van der Waals surface area contributed by atoms with Crippen molar-refractivity contribution in [2.75, 3.05) is 7.05 Å². The maximum atomic E-state index is 13.7. The first kappa shape index (κ1) is 11.3. The molecule has 1 N–H and O–H groups in total. The Bertz CT molecular complexity index is 465. The third-order valence-corrected chi connectivity index (χ3v) is 3.61. The number of nitrogens with one attached hydrogen (secondary N) is 1. The molecular formula is C13H14FNS. The molecule has 0 amide bonds. The fourth-order valence-corrected chi connectivity index (χ4v) is 2.34. The summed E-state index contributed by atoms with van der Waals surface area (Å²) in [6.45, 7) is 2.06. The van der Waals surface area contributed by atoms with Gasteiger partial charge in [0.15, 0.2) is 0 Å². The topological polar surface area (TPSA) is 12.0 Å². The molecule has 16 heavy (non-hydrogen) atoms. The molecule has 1 aromatic heterocycles. The van der Waals surface area contributed by atoms with Crippen molar-refractivity contribution in [3.8, 4) is 10.4 Å². The molecule has 2 rings (SSSR count). The van der Waals surface area contributed by atoms with E-state index in [1.165, 1.54) is 6.07 Å². The normalized spacial score (nSPS) is 12.7. The van der Waals surface area contributed by atoms with Crippen LogP contribution in [0.25, 0.3) is 10.4 Å². The molecule has 1 aromatic carbocycles. The van der Waals surface area contributed by atoms with Gasteiger partial charge in [-0.3, -0.25) is 0 Å². The second-order valence-electron chi connectivity index (χ2n) is 3.73. The number of thiophene rings is 1. The zero-order valence-electron chi connectivity index (χ0n) is 9.33. The summed E-state index contributed by atoms with van der Waals surface area (Å²) in [6.07, 6.45) is 0. The lowest BCUT2D eigenvalue weighted by molar-refractivity contribution is 0.622. The average molecular weight is 235 g/mol. The molecule has 3 heteroatoms. The highest BCUT2D eigenvalue weighted by Crippen LogP contribution is 2.29. The van der Waals surface area contributed by atoms with E-state index < -0.39 is 0 Å². The predicted octanol–water partition coefficient (Wildman–Crippen LogP) is 3.83. The fourth-order valence-electron chi connectivity index (χ4n) is 1.60. The van der Waals surface area contributed by atoms with E-state index in [1.807, 2.05) is 36.7 Å². The molecule has 1 unspecified atom stereocenters. The Morgan fingerprint density at radius 3 is 2.75 bits per heavy atom. The summed E-state index contributed by atoms with van der Waals surface area (Å²) >= 11 is 1.56. The molecule has 0 aliphatic heterocycles. The molecule has 2 aromatic rings. The Labute approximate surface area is 98.9 Å². The highest BCUT2D eigenvalue weighted by Gasteiger charge is 2.09. The summed E-state index contributed by atoms with van der Waals surface area (Å²) in [4.78, 5) is 0.975. The van der Waals surface area contributed by atoms with Gasteiger partial charge in [0.1, 0.15) is 5.82 Å². The summed E-state index contributed by atoms with van der Waals surface area (Å²) < 4.78 is 13.7. The number of benzene rings is 1. The predicted molar refractivity (Wildman–Crippen MR) is 67.2 cm³/mol. The van der Waals surface area contributed by atoms with E-state index >= 15 is 0 Å². The van der Waals surface area contributed by atoms with E-state index in [0.717, 1.165) is 10.4 Å². The molecule has 0 aliphatic carbocycles. The van der Waals surface area contributed by atoms with Crippen LogP contribution in [0.4, 0.5) is 4.39 Å². The first-order valence-electron chi connectivity index (χ1n) is 5.23. The average Bonchev–Trinajstić information content (AvgIpc) is 2.82. The first-order valence-corrected chi connectivity index (χ1v) is 6.11. The third-order valence-electron chi connectivity index (χ3n) is 2.71. The van der Waals surface area contributed by atoms with Gasteiger partial charge in [0, 0.05) is 16.5 Å². The molecule has 0 radical (unpaired) electrons. The van der Waals surface area contributed by atoms with Crippen LogP contribution in [0.5, 0.6) is 0 Å². The molecule has 0 saturated heterocycles. The van der Waals surface area contributed by atoms with Gasteiger partial charge in [-0.25, -0.2) is 4.39 Å². The van der Waals surface area contributed by atoms with E-state index in [9.17, 15) is 4.39 Å². The van der Waals surface area contributed by atoms with Crippen molar-refractivity contribution in [3.63, 3.8) is 0 Å². The van der Waals surface area contributed by atoms with Gasteiger partial charge in [0.25, 0.3) is 0 Å². The van der Waals surface area contributed by atoms with Crippen LogP contribution in [0.2, 0.25) is 0 Å². The molecular weight excluding hydrogens is 221 g/mol. The standard InChI is InChI=1S/C13H14FNS/c1-9(15-2)10-5-6-12(14)11(8-10)13-4-3-7-16-13/h3-9,15H,1-2H3. The van der Waals surface area contributed by atoms with E-state index in [0.29, 0.717) is 5.56 Å². The smallest absolute Gasteiger partial charge is 0.131 e. The second kappa shape index (κ2) is 4.76. The summed E-state index contributed by atoms with van der Waals surface area (Å²) in [5, 5.41) is 5.12. The van der Waals surface area contributed by atoms with Gasteiger partial charge < -0.3 is 5.32 Å². The second-order valence-corrected chi connectivity index (χ2v) is 4.67. The largest absolute Gasteiger partial charge is 0.313 e. The maximum absolute atomic E-state index is 13.7. The Kier molecular flexibility index (Phi) is 3.36. The quantitative estimate of drug-likeness (QED) is 0.852. The Morgan fingerprint density at radius 2 is 2.12 bits per heavy atom. The zero-order valence-corrected chi connectivity index (χ0v) is 10.1. The third kappa shape index (κ3) is 2.15. The van der Waals surface area contributed by atoms with Crippen molar-refractivity contribution < 1.29 is 4.39 Å². The van der Waals surface area contributed by atoms with Crippen LogP contribution < -0.4 is 5.32 Å². The minimum absolute atomic E-state index is 0.158. The lowest BCUT2D eigenvalue weighted by atomic mass is 10.0. The van der Waals surface area contributed by atoms with Gasteiger partial charge in [-0.1, -0.05) is 12.1 Å². The lowest BCUT2D eigenvalue weighted by Gasteiger charge is -2.12. The summed E-state index contributed by atoms with van der Waals surface area (Å²) in [7, 11) is 1.90. The molecule has 84 valence electrons. The van der Waals surface area contributed by atoms with Crippen molar-refractivity contribution in [3.05, 3.63) is 47.1 Å². The van der Waals surface area contributed by atoms with Gasteiger partial charge >= 0.3 is 0 Å². The summed E-state index contributed by atoms with van der Waals surface area (Å²) in [5.41, 5.74) is 1.79. The van der Waals surface area contributed by atoms with Gasteiger partial charge in [0.05, 0.1) is 0 Å². The Morgan fingerprint density at radius 1 is 1.31 bits per heavy atom. The van der Waals surface area contributed by atoms with Crippen LogP contribution in [0.3, 0.4) is 0 Å². The highest BCUT2D eigenvalue weighted by molar-refractivity contribution is 7.13. The van der Waals surface area contributed by atoms with Gasteiger partial charge in [-0.05, 0) is 43.1 Å². The van der Waals surface area contributed by atoms with E-state index in [2.05, 4.69) is 12.2 Å². The lowest BCUT2D eigenvalue weighted by Crippen LogP contribution is -2.12. The maximum Gasteiger partial charge on any atom is 0.131 e. The van der Waals surface area contributed by atoms with Crippen LogP contribution in [-0.2, 0) is 0 Å². The highest BCUT2D eigenvalue weighted by atomic mass is 32.1. The Balaban J connectivity index is 2.45. The molecule has 1 nitrogen and oxygen atoms in total. The van der Waals surface area contributed by atoms with Crippen molar-refractivity contribution in [2.45, 2.75) is 13.0 Å². The Hall–Kier alpha value is -1.19. The van der Waals surface area contributed by atoms with E-state index in [1.54, 1.807) is 11.3 Å². The fraction of sp³-hybridized carbons (Fsp3) is 0.231. The zero-order chi connectivity index (χ0) is 11.5. The number of hydrogen-bond acceptors (Lipinski definition) is 2. The van der Waals surface area contributed by atoms with Crippen LogP contribution in [0.1, 0.15) is 18.5 Å². The number of hydrogen-bond donors (Lipinski definition) is 1. The van der Waals surface area contributed by atoms with Crippen LogP contribution in [-0.4, -0.2) is 7.05 Å². The summed E-state index contributed by atoms with van der Waals surface area (Å²) in [5.74, 6) is -0.158. The van der Waals surface area contributed by atoms with Gasteiger partial charge in [-0.2, -0.15) is 0 Å². The van der Waals surface area contributed by atoms with E-state index in [-0.39, 0.29) is 11.9 Å². The van der Waals surface area contributed by atoms with Crippen LogP contribution in [0.15, 0.2) is 35.7 Å². The van der Waals surface area contributed by atoms with Gasteiger partial charge in [0.2, 0.25) is 0 Å². The molecule has 0 spiro atoms. The van der Waals surface area contributed by atoms with Crippen molar-refractivity contribution in [1.82, 2.24) is 5.32 Å². The molecule has 0 fully saturated rings. The van der Waals surface area contributed by atoms with Crippen LogP contribution in [0, 0.1) is 5.82 Å². The van der Waals surface area contributed by atoms with Gasteiger partial charge in [-0.15, -0.1) is 11.3 Å². The molecule has 0 saturated carbocycles. The molecule has 1 atom stereocenters. The summed E-state index contributed by atoms with van der Waals surface area (Å²) in [6, 6.07) is 9.40. The van der Waals surface area contributed by atoms with Crippen molar-refractivity contribution >= 4 is 11.3 Å². The van der Waals surface area contributed by atoms with E-state index in [4.69, 9.17) is 0 Å². The van der Waals surface area contributed by atoms with Crippen molar-refractivity contribution in [1.29, 1.82) is 0 Å². The SMILES string of the molecule is CNC(C)c1ccc(F)c(-c2cccs2)c1. The molecule has 1 heterocycles. The molecule has 0 bridgehead atoms. The number of rotatable bonds is 3. The minimum Gasteiger partial charge on any atom is -0.313 e. The number of halogens is 1. The van der Waals surface area contributed by atoms with Crippen LogP contribution >= 0.6 is 11.3 Å². The first-order chi connectivity index (χ1) is 7.72. The monoisotopic (exact) mass is 235 g/mol. The molecule has 0 aliphatic rings.